The van der Waals surface area contributed by atoms with Crippen LogP contribution in [-0.2, 0) is 33.9 Å². The number of rotatable bonds is 10. The van der Waals surface area contributed by atoms with E-state index in [4.69, 9.17) is 4.55 Å². The minimum absolute atomic E-state index is 0.188. The maximum Gasteiger partial charge on any atom is 0.431 e. The third-order valence-electron chi connectivity index (χ3n) is 2.83. The maximum atomic E-state index is 13.4. The van der Waals surface area contributed by atoms with Crippen LogP contribution in [0.5, 0.6) is 0 Å². The van der Waals surface area contributed by atoms with Gasteiger partial charge in [-0.15, -0.1) is 0 Å². The van der Waals surface area contributed by atoms with Crippen LogP contribution in [0, 0.1) is 0 Å². The number of ether oxygens (including phenoxy) is 3. The second kappa shape index (κ2) is 8.31. The second-order valence-corrected chi connectivity index (χ2v) is 6.59. The molecule has 0 spiro atoms. The van der Waals surface area contributed by atoms with E-state index in [0.29, 0.717) is 0 Å². The summed E-state index contributed by atoms with van der Waals surface area (Å²) in [7, 11) is -6.41. The number of alkyl halides is 4. The molecule has 0 amide bonds. The number of esters is 2. The number of halogens is 4. The number of hydrogen-bond acceptors (Lipinski definition) is 7. The maximum absolute atomic E-state index is 13.4. The number of carbonyl (C=O) groups excluding carboxylic acids is 2. The molecule has 0 aliphatic carbocycles. The largest absolute Gasteiger partial charge is 0.461 e. The van der Waals surface area contributed by atoms with Crippen LogP contribution in [0.25, 0.3) is 0 Å². The van der Waals surface area contributed by atoms with Gasteiger partial charge in [0.15, 0.2) is 0 Å². The Morgan fingerprint density at radius 1 is 1.19 bits per heavy atom. The smallest absolute Gasteiger partial charge is 0.431 e. The molecule has 0 bridgehead atoms. The van der Waals surface area contributed by atoms with Crippen molar-refractivity contribution in [2.75, 3.05) is 13.2 Å². The summed E-state index contributed by atoms with van der Waals surface area (Å²) >= 11 is 0. The molecule has 0 aliphatic heterocycles. The monoisotopic (exact) mass is 410 g/mol. The van der Waals surface area contributed by atoms with Gasteiger partial charge in [-0.05, 0) is 13.8 Å². The van der Waals surface area contributed by atoms with Gasteiger partial charge in [0.05, 0.1) is 13.2 Å². The van der Waals surface area contributed by atoms with Gasteiger partial charge in [-0.25, -0.2) is 9.59 Å². The fourth-order valence-electron chi connectivity index (χ4n) is 1.36. The molecule has 13 heteroatoms. The summed E-state index contributed by atoms with van der Waals surface area (Å²) in [6.45, 7) is 5.06. The van der Waals surface area contributed by atoms with E-state index in [1.807, 2.05) is 0 Å². The molecule has 1 N–H and O–H groups in total. The molecule has 0 radical (unpaired) electrons. The van der Waals surface area contributed by atoms with E-state index >= 15 is 0 Å². The minimum Gasteiger partial charge on any atom is -0.461 e. The lowest BCUT2D eigenvalue weighted by Gasteiger charge is -2.29. The van der Waals surface area contributed by atoms with E-state index < -0.39 is 52.0 Å². The van der Waals surface area contributed by atoms with E-state index in [9.17, 15) is 35.6 Å². The van der Waals surface area contributed by atoms with Gasteiger partial charge < -0.3 is 14.2 Å². The highest BCUT2D eigenvalue weighted by atomic mass is 32.2. The van der Waals surface area contributed by atoms with Crippen molar-refractivity contribution in [1.82, 2.24) is 0 Å². The summed E-state index contributed by atoms with van der Waals surface area (Å²) in [5, 5.41) is -5.79. The predicted octanol–water partition coefficient (Wildman–Crippen LogP) is 1.91. The highest BCUT2D eigenvalue weighted by Crippen LogP contribution is 2.40. The number of carbonyl (C=O) groups is 2. The summed E-state index contributed by atoms with van der Waals surface area (Å²) in [5.74, 6) is -10.3. The molecule has 0 saturated carbocycles. The fourth-order valence-corrected chi connectivity index (χ4v) is 1.84. The Kier molecular flexibility index (Phi) is 7.76. The first kappa shape index (κ1) is 24.3. The van der Waals surface area contributed by atoms with E-state index in [-0.39, 0.29) is 12.2 Å². The Bertz CT molecular complexity index is 661. The van der Waals surface area contributed by atoms with Gasteiger partial charge in [0.1, 0.15) is 0 Å². The molecule has 0 aromatic rings. The summed E-state index contributed by atoms with van der Waals surface area (Å²) < 4.78 is 95.9. The van der Waals surface area contributed by atoms with Gasteiger partial charge in [0, 0.05) is 18.9 Å². The van der Waals surface area contributed by atoms with Crippen molar-refractivity contribution < 1.29 is 54.3 Å². The molecule has 26 heavy (non-hydrogen) atoms. The lowest BCUT2D eigenvalue weighted by Crippen LogP contribution is -2.49. The topological polar surface area (TPSA) is 116 Å². The zero-order valence-corrected chi connectivity index (χ0v) is 14.9. The van der Waals surface area contributed by atoms with E-state index in [2.05, 4.69) is 20.8 Å². The van der Waals surface area contributed by atoms with Crippen molar-refractivity contribution in [3.8, 4) is 0 Å². The Labute approximate surface area is 146 Å². The van der Waals surface area contributed by atoms with Crippen molar-refractivity contribution in [3.05, 3.63) is 12.2 Å². The molecule has 0 fully saturated rings. The third-order valence-corrected chi connectivity index (χ3v) is 3.77. The zero-order valence-electron chi connectivity index (χ0n) is 14.1. The van der Waals surface area contributed by atoms with Gasteiger partial charge in [0.25, 0.3) is 0 Å². The third kappa shape index (κ3) is 5.64. The molecule has 0 heterocycles. The first-order valence-electron chi connectivity index (χ1n) is 6.94. The van der Waals surface area contributed by atoms with E-state index in [0.717, 1.165) is 6.92 Å². The van der Waals surface area contributed by atoms with E-state index in [1.165, 1.54) is 13.8 Å². The van der Waals surface area contributed by atoms with E-state index in [1.54, 1.807) is 0 Å². The second-order valence-electron chi connectivity index (χ2n) is 5.13. The molecule has 1 atom stereocenters. The van der Waals surface area contributed by atoms with Gasteiger partial charge >= 0.3 is 39.0 Å². The first-order valence-corrected chi connectivity index (χ1v) is 8.38. The summed E-state index contributed by atoms with van der Waals surface area (Å²) in [6, 6.07) is 0. The van der Waals surface area contributed by atoms with Crippen LogP contribution in [0.4, 0.5) is 17.6 Å². The highest BCUT2D eigenvalue weighted by Gasteiger charge is 2.65. The van der Waals surface area contributed by atoms with Crippen LogP contribution in [0.2, 0.25) is 0 Å². The molecule has 8 nitrogen and oxygen atoms in total. The van der Waals surface area contributed by atoms with Crippen molar-refractivity contribution in [2.45, 2.75) is 44.2 Å². The molecule has 1 unspecified atom stereocenters. The molecule has 0 saturated heterocycles. The van der Waals surface area contributed by atoms with Crippen LogP contribution < -0.4 is 0 Å². The molecule has 0 aromatic carbocycles. The van der Waals surface area contributed by atoms with Crippen molar-refractivity contribution >= 4 is 22.1 Å². The lowest BCUT2D eigenvalue weighted by atomic mass is 10.2. The zero-order chi connectivity index (χ0) is 21.0. The van der Waals surface area contributed by atoms with Crippen LogP contribution in [0.1, 0.15) is 27.2 Å². The summed E-state index contributed by atoms with van der Waals surface area (Å²) in [5.41, 5.74) is -0.188. The molecular weight excluding hydrogens is 392 g/mol. The minimum atomic E-state index is -6.41. The molecule has 152 valence electrons. The van der Waals surface area contributed by atoms with Crippen LogP contribution in [0.15, 0.2) is 12.2 Å². The number of hydrogen-bond donors (Lipinski definition) is 1. The SMILES string of the molecule is C=C(C)C(=O)OC(C)(OCCC(F)(F)C(F)(F)S(=O)(=O)O)C(=O)OCC. The Morgan fingerprint density at radius 2 is 1.69 bits per heavy atom. The lowest BCUT2D eigenvalue weighted by molar-refractivity contribution is -0.243. The van der Waals surface area contributed by atoms with Crippen molar-refractivity contribution in [2.24, 2.45) is 0 Å². The summed E-state index contributed by atoms with van der Waals surface area (Å²) in [4.78, 5) is 23.3. The van der Waals surface area contributed by atoms with Gasteiger partial charge in [-0.1, -0.05) is 6.58 Å². The normalized spacial score (nSPS) is 15.1. The fraction of sp³-hybridized carbons (Fsp3) is 0.692. The first-order chi connectivity index (χ1) is 11.5. The molecule has 0 aliphatic rings. The average molecular weight is 410 g/mol. The van der Waals surface area contributed by atoms with Gasteiger partial charge in [-0.2, -0.15) is 26.0 Å². The van der Waals surface area contributed by atoms with Gasteiger partial charge in [0.2, 0.25) is 0 Å². The van der Waals surface area contributed by atoms with Crippen molar-refractivity contribution in [3.63, 3.8) is 0 Å². The van der Waals surface area contributed by atoms with Crippen LogP contribution in [-0.4, -0.2) is 55.1 Å². The summed E-state index contributed by atoms with van der Waals surface area (Å²) in [6.07, 6.45) is -1.93. The highest BCUT2D eigenvalue weighted by molar-refractivity contribution is 7.87. The van der Waals surface area contributed by atoms with Crippen LogP contribution in [0.3, 0.4) is 0 Å². The molecule has 0 aromatic heterocycles. The van der Waals surface area contributed by atoms with Crippen molar-refractivity contribution in [1.29, 1.82) is 0 Å². The Hall–Kier alpha value is -1.73. The average Bonchev–Trinajstić information content (AvgIpc) is 2.45. The quantitative estimate of drug-likeness (QED) is 0.191. The Morgan fingerprint density at radius 3 is 2.08 bits per heavy atom. The van der Waals surface area contributed by atoms with Gasteiger partial charge in [-0.3, -0.25) is 4.55 Å². The standard InChI is InChI=1S/C13H18F4O8S/c1-5-23-10(19)11(4,25-9(18)8(2)3)24-7-6-12(14,15)13(16,17)26(20,21)22/h2,5-7H2,1,3-4H3,(H,20,21,22). The molecular formula is C13H18F4O8S. The van der Waals surface area contributed by atoms with Crippen LogP contribution >= 0.6 is 0 Å². The Balaban J connectivity index is 5.31. The predicted molar refractivity (Wildman–Crippen MR) is 78.0 cm³/mol. The molecule has 0 rings (SSSR count).